The van der Waals surface area contributed by atoms with Crippen LogP contribution < -0.4 is 5.32 Å². The van der Waals surface area contributed by atoms with E-state index in [1.807, 2.05) is 0 Å². The van der Waals surface area contributed by atoms with Crippen LogP contribution in [0.3, 0.4) is 0 Å². The number of nitrogens with one attached hydrogen (secondary N) is 1. The average molecular weight is 281 g/mol. The maximum absolute atomic E-state index is 9.72. The summed E-state index contributed by atoms with van der Waals surface area (Å²) < 4.78 is 0. The van der Waals surface area contributed by atoms with Crippen LogP contribution in [0.4, 0.5) is 0 Å². The topological polar surface area (TPSA) is 38.7 Å². The van der Waals surface area contributed by atoms with Crippen LogP contribution in [0, 0.1) is 5.92 Å². The fourth-order valence-corrected chi connectivity index (χ4v) is 4.12. The van der Waals surface area contributed by atoms with Gasteiger partial charge in [-0.25, -0.2) is 0 Å². The molecule has 2 N–H and O–H groups in total. The number of nitrogens with zero attached hydrogens (tertiary/aromatic N) is 2. The van der Waals surface area contributed by atoms with Gasteiger partial charge in [-0.15, -0.1) is 0 Å². The Balaban J connectivity index is 1.46. The van der Waals surface area contributed by atoms with E-state index < -0.39 is 0 Å². The molecule has 2 aliphatic carbocycles. The zero-order chi connectivity index (χ0) is 14.0. The molecule has 1 saturated heterocycles. The van der Waals surface area contributed by atoms with Gasteiger partial charge < -0.3 is 15.3 Å². The highest BCUT2D eigenvalue weighted by Crippen LogP contribution is 2.34. The monoisotopic (exact) mass is 281 g/mol. The Hall–Kier alpha value is -0.160. The smallest absolute Gasteiger partial charge is 0.0613 e. The molecule has 3 aliphatic rings. The van der Waals surface area contributed by atoms with Crippen LogP contribution in [0.5, 0.6) is 0 Å². The molecule has 0 amide bonds. The van der Waals surface area contributed by atoms with Crippen LogP contribution in [-0.4, -0.2) is 72.4 Å². The van der Waals surface area contributed by atoms with Crippen LogP contribution in [0.2, 0.25) is 0 Å². The molecule has 4 nitrogen and oxygen atoms in total. The van der Waals surface area contributed by atoms with Crippen LogP contribution in [0.1, 0.15) is 39.0 Å². The minimum absolute atomic E-state index is 0.00453. The summed E-state index contributed by atoms with van der Waals surface area (Å²) in [5, 5.41) is 13.3. The van der Waals surface area contributed by atoms with Crippen molar-refractivity contribution in [3.05, 3.63) is 0 Å². The third-order valence-corrected chi connectivity index (χ3v) is 5.57. The molecule has 0 radical (unpaired) electrons. The van der Waals surface area contributed by atoms with Crippen LogP contribution >= 0.6 is 0 Å². The molecule has 0 aromatic rings. The van der Waals surface area contributed by atoms with Crippen molar-refractivity contribution < 1.29 is 5.11 Å². The van der Waals surface area contributed by atoms with Crippen molar-refractivity contribution in [2.24, 2.45) is 5.92 Å². The van der Waals surface area contributed by atoms with Crippen molar-refractivity contribution in [1.82, 2.24) is 15.1 Å². The first-order chi connectivity index (χ1) is 9.74. The first-order valence-electron chi connectivity index (χ1n) is 8.57. The van der Waals surface area contributed by atoms with Gasteiger partial charge in [-0.1, -0.05) is 6.92 Å². The van der Waals surface area contributed by atoms with Gasteiger partial charge in [0.15, 0.2) is 0 Å². The number of aliphatic hydroxyl groups is 1. The second kappa shape index (κ2) is 6.30. The van der Waals surface area contributed by atoms with Crippen LogP contribution in [-0.2, 0) is 0 Å². The van der Waals surface area contributed by atoms with Crippen molar-refractivity contribution in [3.63, 3.8) is 0 Å². The van der Waals surface area contributed by atoms with E-state index in [2.05, 4.69) is 22.0 Å². The third-order valence-electron chi connectivity index (χ3n) is 5.57. The lowest BCUT2D eigenvalue weighted by Gasteiger charge is -2.39. The maximum atomic E-state index is 9.72. The van der Waals surface area contributed by atoms with Gasteiger partial charge in [0.25, 0.3) is 0 Å². The number of aliphatic hydroxyl groups excluding tert-OH is 1. The number of hydrogen-bond donors (Lipinski definition) is 2. The highest BCUT2D eigenvalue weighted by atomic mass is 16.3. The van der Waals surface area contributed by atoms with Gasteiger partial charge in [-0.2, -0.15) is 0 Å². The summed E-state index contributed by atoms with van der Waals surface area (Å²) >= 11 is 0. The van der Waals surface area contributed by atoms with Gasteiger partial charge in [0.2, 0.25) is 0 Å². The number of hydrogen-bond acceptors (Lipinski definition) is 4. The fourth-order valence-electron chi connectivity index (χ4n) is 4.12. The van der Waals surface area contributed by atoms with Crippen molar-refractivity contribution in [1.29, 1.82) is 0 Å². The molecule has 0 spiro atoms. The van der Waals surface area contributed by atoms with E-state index in [0.717, 1.165) is 25.3 Å². The molecule has 3 rings (SSSR count). The number of likely N-dealkylation sites (N-methyl/N-ethyl adjacent to an activating group) is 1. The Bertz CT molecular complexity index is 313. The predicted octanol–water partition coefficient (Wildman–Crippen LogP) is 0.907. The van der Waals surface area contributed by atoms with E-state index in [9.17, 15) is 5.11 Å². The second-order valence-corrected chi connectivity index (χ2v) is 7.15. The Labute approximate surface area is 123 Å². The van der Waals surface area contributed by atoms with E-state index in [4.69, 9.17) is 0 Å². The van der Waals surface area contributed by atoms with Crippen molar-refractivity contribution in [2.45, 2.75) is 50.6 Å². The van der Waals surface area contributed by atoms with Crippen LogP contribution in [0.25, 0.3) is 0 Å². The summed E-state index contributed by atoms with van der Waals surface area (Å²) in [5.41, 5.74) is 0.00453. The van der Waals surface area contributed by atoms with Gasteiger partial charge in [0.05, 0.1) is 6.61 Å². The zero-order valence-electron chi connectivity index (χ0n) is 13.0. The Kier molecular flexibility index (Phi) is 4.65. The van der Waals surface area contributed by atoms with E-state index in [-0.39, 0.29) is 5.54 Å². The van der Waals surface area contributed by atoms with E-state index in [1.165, 1.54) is 52.0 Å². The van der Waals surface area contributed by atoms with Crippen molar-refractivity contribution >= 4 is 0 Å². The molecule has 1 heterocycles. The van der Waals surface area contributed by atoms with E-state index >= 15 is 0 Å². The minimum atomic E-state index is 0.00453. The molecule has 0 aromatic heterocycles. The van der Waals surface area contributed by atoms with Gasteiger partial charge in [-0.3, -0.25) is 4.90 Å². The normalized spacial score (nSPS) is 36.6. The van der Waals surface area contributed by atoms with Gasteiger partial charge >= 0.3 is 0 Å². The molecule has 1 aliphatic heterocycles. The van der Waals surface area contributed by atoms with Gasteiger partial charge in [-0.05, 0) is 44.6 Å². The molecule has 2 saturated carbocycles. The second-order valence-electron chi connectivity index (χ2n) is 7.15. The molecular weight excluding hydrogens is 250 g/mol. The summed E-state index contributed by atoms with van der Waals surface area (Å²) in [5.74, 6) is 1.02. The summed E-state index contributed by atoms with van der Waals surface area (Å²) in [4.78, 5) is 5.34. The Morgan fingerprint density at radius 3 is 2.50 bits per heavy atom. The predicted molar refractivity (Wildman–Crippen MR) is 81.9 cm³/mol. The zero-order valence-corrected chi connectivity index (χ0v) is 13.0. The van der Waals surface area contributed by atoms with E-state index in [1.54, 1.807) is 0 Å². The van der Waals surface area contributed by atoms with Crippen molar-refractivity contribution in [3.8, 4) is 0 Å². The van der Waals surface area contributed by atoms with Gasteiger partial charge in [0.1, 0.15) is 0 Å². The molecule has 2 unspecified atom stereocenters. The maximum Gasteiger partial charge on any atom is 0.0613 e. The lowest BCUT2D eigenvalue weighted by Crippen LogP contribution is -2.52. The standard InChI is InChI=1S/C16H31N3O/c1-2-17-16(13-20)6-5-15(11-16)19-9-7-18(8-10-19)12-14-3-4-14/h14-15,17,20H,2-13H2,1H3. The number of piperazine rings is 1. The average Bonchev–Trinajstić information content (AvgIpc) is 3.18. The highest BCUT2D eigenvalue weighted by Gasteiger charge is 2.40. The molecule has 0 bridgehead atoms. The minimum Gasteiger partial charge on any atom is -0.394 e. The summed E-state index contributed by atoms with van der Waals surface area (Å²) in [6.45, 7) is 9.69. The number of rotatable bonds is 6. The lowest BCUT2D eigenvalue weighted by atomic mass is 9.98. The molecule has 20 heavy (non-hydrogen) atoms. The first-order valence-corrected chi connectivity index (χ1v) is 8.57. The van der Waals surface area contributed by atoms with Gasteiger partial charge in [0, 0.05) is 44.3 Å². The molecule has 3 fully saturated rings. The van der Waals surface area contributed by atoms with Crippen LogP contribution in [0.15, 0.2) is 0 Å². The third kappa shape index (κ3) is 3.35. The fraction of sp³-hybridized carbons (Fsp3) is 1.00. The Morgan fingerprint density at radius 2 is 1.90 bits per heavy atom. The Morgan fingerprint density at radius 1 is 1.15 bits per heavy atom. The quantitative estimate of drug-likeness (QED) is 0.759. The summed E-state index contributed by atoms with van der Waals surface area (Å²) in [6, 6.07) is 0.685. The molecular formula is C16H31N3O. The SMILES string of the molecule is CCNC1(CO)CCC(N2CCN(CC3CC3)CC2)C1. The molecule has 4 heteroatoms. The molecule has 116 valence electrons. The summed E-state index contributed by atoms with van der Waals surface area (Å²) in [7, 11) is 0. The lowest BCUT2D eigenvalue weighted by molar-refractivity contribution is 0.0861. The highest BCUT2D eigenvalue weighted by molar-refractivity contribution is 5.00. The molecule has 0 aromatic carbocycles. The molecule has 2 atom stereocenters. The summed E-state index contributed by atoms with van der Waals surface area (Å²) in [6.07, 6.45) is 6.43. The largest absolute Gasteiger partial charge is 0.394 e. The van der Waals surface area contributed by atoms with E-state index in [0.29, 0.717) is 12.6 Å². The first kappa shape index (κ1) is 14.8. The van der Waals surface area contributed by atoms with Crippen molar-refractivity contribution in [2.75, 3.05) is 45.9 Å².